The molecule has 2 rings (SSSR count). The van der Waals surface area contributed by atoms with Gasteiger partial charge in [-0.05, 0) is 24.3 Å². The number of carbonyl (C=O) groups is 1. The molecule has 1 aromatic carbocycles. The van der Waals surface area contributed by atoms with Crippen LogP contribution in [0.4, 0.5) is 10.1 Å². The van der Waals surface area contributed by atoms with Gasteiger partial charge in [0.15, 0.2) is 0 Å². The number of hydrogen-bond donors (Lipinski definition) is 1. The van der Waals surface area contributed by atoms with Crippen LogP contribution in [0.1, 0.15) is 16.1 Å². The molecule has 0 radical (unpaired) electrons. The Hall–Kier alpha value is -2.68. The molecule has 1 amide bonds. The molecule has 1 heterocycles. The molecule has 0 spiro atoms. The third-order valence-electron chi connectivity index (χ3n) is 2.40. The number of rotatable bonds is 2. The zero-order valence-electron chi connectivity index (χ0n) is 9.51. The van der Waals surface area contributed by atoms with Crippen LogP contribution in [0.5, 0.6) is 0 Å². The Kier molecular flexibility index (Phi) is 3.06. The zero-order valence-corrected chi connectivity index (χ0v) is 9.51. The molecule has 0 saturated carbocycles. The molecule has 0 fully saturated rings. The molecule has 0 aliphatic heterocycles. The standard InChI is InChI=1S/C12H9FN4O/c1-17-11(4-5-15-17)12(18)16-9-2-3-10(13)8(6-9)7-14/h2-6H,1H3,(H,16,18). The number of aryl methyl sites for hydroxylation is 1. The molecule has 5 nitrogen and oxygen atoms in total. The minimum Gasteiger partial charge on any atom is -0.321 e. The predicted octanol–water partition coefficient (Wildman–Crippen LogP) is 1.68. The van der Waals surface area contributed by atoms with Crippen LogP contribution in [0, 0.1) is 17.1 Å². The van der Waals surface area contributed by atoms with Gasteiger partial charge in [0.25, 0.3) is 5.91 Å². The van der Waals surface area contributed by atoms with Crippen LogP contribution < -0.4 is 5.32 Å². The number of carbonyl (C=O) groups excluding carboxylic acids is 1. The summed E-state index contributed by atoms with van der Waals surface area (Å²) in [6, 6.07) is 7.08. The number of benzene rings is 1. The first-order chi connectivity index (χ1) is 8.61. The molecule has 1 N–H and O–H groups in total. The highest BCUT2D eigenvalue weighted by molar-refractivity contribution is 6.03. The summed E-state index contributed by atoms with van der Waals surface area (Å²) in [6.45, 7) is 0. The van der Waals surface area contributed by atoms with Crippen LogP contribution in [-0.2, 0) is 7.05 Å². The smallest absolute Gasteiger partial charge is 0.273 e. The van der Waals surface area contributed by atoms with Crippen molar-refractivity contribution < 1.29 is 9.18 Å². The number of hydrogen-bond acceptors (Lipinski definition) is 3. The van der Waals surface area contributed by atoms with Gasteiger partial charge < -0.3 is 5.32 Å². The number of nitrogens with one attached hydrogen (secondary N) is 1. The van der Waals surface area contributed by atoms with Crippen molar-refractivity contribution >= 4 is 11.6 Å². The molecule has 18 heavy (non-hydrogen) atoms. The van der Waals surface area contributed by atoms with Crippen LogP contribution in [0.25, 0.3) is 0 Å². The number of aromatic nitrogens is 2. The van der Waals surface area contributed by atoms with Crippen LogP contribution >= 0.6 is 0 Å². The first-order valence-corrected chi connectivity index (χ1v) is 5.11. The number of anilines is 1. The van der Waals surface area contributed by atoms with Gasteiger partial charge in [0.1, 0.15) is 17.6 Å². The van der Waals surface area contributed by atoms with E-state index in [1.807, 2.05) is 0 Å². The number of halogens is 1. The third-order valence-corrected chi connectivity index (χ3v) is 2.40. The second-order valence-corrected chi connectivity index (χ2v) is 3.60. The van der Waals surface area contributed by atoms with Crippen molar-refractivity contribution in [3.8, 4) is 6.07 Å². The first kappa shape index (κ1) is 11.8. The summed E-state index contributed by atoms with van der Waals surface area (Å²) in [7, 11) is 1.64. The Balaban J connectivity index is 2.23. The van der Waals surface area contributed by atoms with Crippen molar-refractivity contribution in [3.05, 3.63) is 47.5 Å². The maximum Gasteiger partial charge on any atom is 0.273 e. The van der Waals surface area contributed by atoms with E-state index in [9.17, 15) is 9.18 Å². The molecule has 90 valence electrons. The normalized spacial score (nSPS) is 9.83. The highest BCUT2D eigenvalue weighted by atomic mass is 19.1. The van der Waals surface area contributed by atoms with E-state index in [1.165, 1.54) is 23.0 Å². The van der Waals surface area contributed by atoms with Gasteiger partial charge in [-0.3, -0.25) is 9.48 Å². The predicted molar refractivity (Wildman–Crippen MR) is 62.3 cm³/mol. The maximum absolute atomic E-state index is 13.1. The summed E-state index contributed by atoms with van der Waals surface area (Å²) in [4.78, 5) is 11.8. The summed E-state index contributed by atoms with van der Waals surface area (Å²) in [5.41, 5.74) is 0.620. The van der Waals surface area contributed by atoms with Crippen LogP contribution in [0.2, 0.25) is 0 Å². The molecular weight excluding hydrogens is 235 g/mol. The van der Waals surface area contributed by atoms with Gasteiger partial charge in [-0.15, -0.1) is 0 Å². The van der Waals surface area contributed by atoms with E-state index in [2.05, 4.69) is 10.4 Å². The molecule has 0 atom stereocenters. The lowest BCUT2D eigenvalue weighted by molar-refractivity contribution is 0.101. The summed E-state index contributed by atoms with van der Waals surface area (Å²) in [6.07, 6.45) is 1.50. The molecule has 0 aliphatic carbocycles. The number of nitriles is 1. The SMILES string of the molecule is Cn1nccc1C(=O)Nc1ccc(F)c(C#N)c1. The Morgan fingerprint density at radius 2 is 2.28 bits per heavy atom. The van der Waals surface area contributed by atoms with Gasteiger partial charge in [-0.2, -0.15) is 10.4 Å². The van der Waals surface area contributed by atoms with Crippen molar-refractivity contribution in [2.24, 2.45) is 7.05 Å². The summed E-state index contributed by atoms with van der Waals surface area (Å²) >= 11 is 0. The lowest BCUT2D eigenvalue weighted by atomic mass is 10.2. The molecule has 0 bridgehead atoms. The molecule has 1 aromatic heterocycles. The largest absolute Gasteiger partial charge is 0.321 e. The van der Waals surface area contributed by atoms with E-state index in [-0.39, 0.29) is 11.5 Å². The molecule has 0 saturated heterocycles. The number of nitrogens with zero attached hydrogens (tertiary/aromatic N) is 3. The van der Waals surface area contributed by atoms with Gasteiger partial charge in [0.05, 0.1) is 5.56 Å². The molecule has 2 aromatic rings. The van der Waals surface area contributed by atoms with Gasteiger partial charge in [-0.25, -0.2) is 4.39 Å². The Morgan fingerprint density at radius 3 is 2.89 bits per heavy atom. The average molecular weight is 244 g/mol. The van der Waals surface area contributed by atoms with E-state index >= 15 is 0 Å². The van der Waals surface area contributed by atoms with Gasteiger partial charge in [0.2, 0.25) is 0 Å². The highest BCUT2D eigenvalue weighted by Gasteiger charge is 2.11. The summed E-state index contributed by atoms with van der Waals surface area (Å²) in [5, 5.41) is 15.1. The number of amides is 1. The fraction of sp³-hybridized carbons (Fsp3) is 0.0833. The maximum atomic E-state index is 13.1. The topological polar surface area (TPSA) is 70.7 Å². The van der Waals surface area contributed by atoms with Crippen molar-refractivity contribution in [1.82, 2.24) is 9.78 Å². The van der Waals surface area contributed by atoms with E-state index in [4.69, 9.17) is 5.26 Å². The lowest BCUT2D eigenvalue weighted by Crippen LogP contribution is -2.16. The average Bonchev–Trinajstić information content (AvgIpc) is 2.78. The Bertz CT molecular complexity index is 642. The van der Waals surface area contributed by atoms with Gasteiger partial charge in [0, 0.05) is 18.9 Å². The van der Waals surface area contributed by atoms with Crippen molar-refractivity contribution in [1.29, 1.82) is 5.26 Å². The molecule has 0 aliphatic rings. The minimum atomic E-state index is -0.615. The molecular formula is C12H9FN4O. The van der Waals surface area contributed by atoms with Crippen LogP contribution in [0.15, 0.2) is 30.5 Å². The van der Waals surface area contributed by atoms with E-state index in [1.54, 1.807) is 19.2 Å². The second-order valence-electron chi connectivity index (χ2n) is 3.60. The first-order valence-electron chi connectivity index (χ1n) is 5.11. The monoisotopic (exact) mass is 244 g/mol. The highest BCUT2D eigenvalue weighted by Crippen LogP contribution is 2.14. The van der Waals surface area contributed by atoms with Gasteiger partial charge in [-0.1, -0.05) is 0 Å². The molecule has 0 unspecified atom stereocenters. The second kappa shape index (κ2) is 4.67. The lowest BCUT2D eigenvalue weighted by Gasteiger charge is -2.05. The summed E-state index contributed by atoms with van der Waals surface area (Å²) in [5.74, 6) is -0.985. The van der Waals surface area contributed by atoms with Gasteiger partial charge >= 0.3 is 0 Å². The Morgan fingerprint density at radius 1 is 1.50 bits per heavy atom. The van der Waals surface area contributed by atoms with Crippen molar-refractivity contribution in [2.45, 2.75) is 0 Å². The zero-order chi connectivity index (χ0) is 13.1. The van der Waals surface area contributed by atoms with Crippen molar-refractivity contribution in [2.75, 3.05) is 5.32 Å². The quantitative estimate of drug-likeness (QED) is 0.873. The Labute approximate surface area is 102 Å². The third kappa shape index (κ3) is 2.20. The van der Waals surface area contributed by atoms with Crippen molar-refractivity contribution in [3.63, 3.8) is 0 Å². The fourth-order valence-electron chi connectivity index (χ4n) is 1.48. The van der Waals surface area contributed by atoms with E-state index < -0.39 is 5.82 Å². The summed E-state index contributed by atoms with van der Waals surface area (Å²) < 4.78 is 14.5. The van der Waals surface area contributed by atoms with Crippen LogP contribution in [0.3, 0.4) is 0 Å². The van der Waals surface area contributed by atoms with E-state index in [0.29, 0.717) is 11.4 Å². The molecule has 6 heteroatoms. The van der Waals surface area contributed by atoms with Crippen LogP contribution in [-0.4, -0.2) is 15.7 Å². The van der Waals surface area contributed by atoms with E-state index in [0.717, 1.165) is 6.07 Å². The fourth-order valence-corrected chi connectivity index (χ4v) is 1.48. The minimum absolute atomic E-state index is 0.113.